The molecule has 0 saturated heterocycles. The third-order valence-corrected chi connectivity index (χ3v) is 12.8. The number of allylic oxidation sites excluding steroid dienone is 24. The van der Waals surface area contributed by atoms with Crippen LogP contribution in [0, 0.1) is 0 Å². The topological polar surface area (TPSA) is 78.9 Å². The van der Waals surface area contributed by atoms with Gasteiger partial charge in [0.25, 0.3) is 0 Å². The summed E-state index contributed by atoms with van der Waals surface area (Å²) in [6, 6.07) is 0. The average Bonchev–Trinajstić information content (AvgIpc) is 3.43. The molecule has 0 aromatic rings. The molecule has 0 N–H and O–H groups in total. The molecule has 0 aromatic carbocycles. The molecule has 0 heterocycles. The number of hydrogen-bond donors (Lipinski definition) is 0. The summed E-state index contributed by atoms with van der Waals surface area (Å²) >= 11 is 0. The van der Waals surface area contributed by atoms with Crippen molar-refractivity contribution in [1.82, 2.24) is 0 Å². The van der Waals surface area contributed by atoms with E-state index in [4.69, 9.17) is 14.2 Å². The minimum atomic E-state index is -0.807. The van der Waals surface area contributed by atoms with Gasteiger partial charge in [-0.2, -0.15) is 0 Å². The van der Waals surface area contributed by atoms with Gasteiger partial charge in [-0.15, -0.1) is 0 Å². The molecular formula is C71H114O6. The van der Waals surface area contributed by atoms with Crippen molar-refractivity contribution in [2.45, 2.75) is 271 Å². The molecule has 0 bridgehead atoms. The van der Waals surface area contributed by atoms with Crippen molar-refractivity contribution in [3.63, 3.8) is 0 Å². The Kier molecular flexibility index (Phi) is 59.9. The fraction of sp³-hybridized carbons (Fsp3) is 0.620. The molecule has 434 valence electrons. The van der Waals surface area contributed by atoms with E-state index < -0.39 is 6.10 Å². The summed E-state index contributed by atoms with van der Waals surface area (Å²) in [6.45, 7) is 6.35. The molecule has 1 unspecified atom stereocenters. The fourth-order valence-corrected chi connectivity index (χ4v) is 8.17. The first-order valence-electron chi connectivity index (χ1n) is 31.3. The van der Waals surface area contributed by atoms with Crippen molar-refractivity contribution in [3.8, 4) is 0 Å². The summed E-state index contributed by atoms with van der Waals surface area (Å²) < 4.78 is 16.9. The molecule has 0 saturated carbocycles. The summed E-state index contributed by atoms with van der Waals surface area (Å²) in [5.74, 6) is -0.949. The Morgan fingerprint density at radius 2 is 0.506 bits per heavy atom. The predicted molar refractivity (Wildman–Crippen MR) is 334 cm³/mol. The molecule has 0 amide bonds. The van der Waals surface area contributed by atoms with Crippen molar-refractivity contribution in [1.29, 1.82) is 0 Å². The number of esters is 3. The molecule has 0 fully saturated rings. The number of carbonyl (C=O) groups is 3. The van der Waals surface area contributed by atoms with E-state index in [0.29, 0.717) is 19.3 Å². The lowest BCUT2D eigenvalue weighted by molar-refractivity contribution is -0.167. The highest BCUT2D eigenvalue weighted by molar-refractivity contribution is 5.71. The number of carbonyl (C=O) groups excluding carboxylic acids is 3. The second kappa shape index (κ2) is 63.8. The van der Waals surface area contributed by atoms with Crippen molar-refractivity contribution in [2.75, 3.05) is 13.2 Å². The first kappa shape index (κ1) is 72.3. The van der Waals surface area contributed by atoms with Crippen LogP contribution in [0.1, 0.15) is 265 Å². The van der Waals surface area contributed by atoms with Gasteiger partial charge in [0.1, 0.15) is 13.2 Å². The highest BCUT2D eigenvalue weighted by Gasteiger charge is 2.19. The minimum absolute atomic E-state index is 0.102. The minimum Gasteiger partial charge on any atom is -0.462 e. The molecule has 0 radical (unpaired) electrons. The lowest BCUT2D eigenvalue weighted by Gasteiger charge is -2.18. The van der Waals surface area contributed by atoms with Crippen molar-refractivity contribution in [2.24, 2.45) is 0 Å². The van der Waals surface area contributed by atoms with Crippen molar-refractivity contribution < 1.29 is 28.6 Å². The highest BCUT2D eigenvalue weighted by atomic mass is 16.6. The third kappa shape index (κ3) is 62.0. The number of ether oxygens (including phenoxy) is 3. The van der Waals surface area contributed by atoms with E-state index in [-0.39, 0.29) is 31.1 Å². The summed E-state index contributed by atoms with van der Waals surface area (Å²) in [5, 5.41) is 0. The summed E-state index contributed by atoms with van der Waals surface area (Å²) in [6.07, 6.45) is 91.2. The lowest BCUT2D eigenvalue weighted by Crippen LogP contribution is -2.30. The van der Waals surface area contributed by atoms with Gasteiger partial charge in [0.15, 0.2) is 6.10 Å². The van der Waals surface area contributed by atoms with Gasteiger partial charge >= 0.3 is 17.9 Å². The molecule has 6 nitrogen and oxygen atoms in total. The molecule has 1 atom stereocenters. The molecule has 6 heteroatoms. The van der Waals surface area contributed by atoms with Crippen LogP contribution in [-0.2, 0) is 28.6 Å². The maximum absolute atomic E-state index is 12.9. The van der Waals surface area contributed by atoms with E-state index in [2.05, 4.69) is 167 Å². The SMILES string of the molecule is CC/C=C\C/C=C\C/C=C\C/C=C\C/C=C\C/C=C\CCCCCCC(=O)OCC(COC(=O)CCCCCCC/C=C\C/C=C\CCCCC)OC(=O)CCCCCCCCCC/C=C\C/C=C\C/C=C\C/C=C\CC. The zero-order chi connectivity index (χ0) is 55.7. The zero-order valence-corrected chi connectivity index (χ0v) is 49.7. The van der Waals surface area contributed by atoms with Gasteiger partial charge in [0.05, 0.1) is 0 Å². The molecule has 0 aromatic heterocycles. The van der Waals surface area contributed by atoms with Crippen LogP contribution >= 0.6 is 0 Å². The van der Waals surface area contributed by atoms with Crippen molar-refractivity contribution >= 4 is 17.9 Å². The molecule has 0 rings (SSSR count). The van der Waals surface area contributed by atoms with E-state index in [1.165, 1.54) is 57.8 Å². The molecule has 0 aliphatic rings. The quantitative estimate of drug-likeness (QED) is 0.0261. The van der Waals surface area contributed by atoms with Gasteiger partial charge in [0.2, 0.25) is 0 Å². The van der Waals surface area contributed by atoms with Crippen LogP contribution in [0.25, 0.3) is 0 Å². The summed E-state index contributed by atoms with van der Waals surface area (Å²) in [5.41, 5.74) is 0. The van der Waals surface area contributed by atoms with Crippen LogP contribution in [0.15, 0.2) is 146 Å². The second-order valence-electron chi connectivity index (χ2n) is 20.2. The van der Waals surface area contributed by atoms with Gasteiger partial charge in [0, 0.05) is 19.3 Å². The Labute approximate surface area is 474 Å². The first-order chi connectivity index (χ1) is 38.0. The number of hydrogen-bond acceptors (Lipinski definition) is 6. The van der Waals surface area contributed by atoms with Gasteiger partial charge in [-0.1, -0.05) is 250 Å². The smallest absolute Gasteiger partial charge is 0.306 e. The van der Waals surface area contributed by atoms with E-state index in [0.717, 1.165) is 167 Å². The normalized spacial score (nSPS) is 13.1. The van der Waals surface area contributed by atoms with Crippen LogP contribution in [0.3, 0.4) is 0 Å². The van der Waals surface area contributed by atoms with Gasteiger partial charge in [-0.3, -0.25) is 14.4 Å². The van der Waals surface area contributed by atoms with E-state index in [9.17, 15) is 14.4 Å². The maximum atomic E-state index is 12.9. The fourth-order valence-electron chi connectivity index (χ4n) is 8.17. The predicted octanol–water partition coefficient (Wildman–Crippen LogP) is 21.5. The van der Waals surface area contributed by atoms with Crippen LogP contribution in [-0.4, -0.2) is 37.2 Å². The monoisotopic (exact) mass is 1060 g/mol. The Bertz CT molecular complexity index is 1700. The van der Waals surface area contributed by atoms with Gasteiger partial charge < -0.3 is 14.2 Å². The Morgan fingerprint density at radius 1 is 0.273 bits per heavy atom. The van der Waals surface area contributed by atoms with Crippen molar-refractivity contribution in [3.05, 3.63) is 146 Å². The van der Waals surface area contributed by atoms with Gasteiger partial charge in [-0.25, -0.2) is 0 Å². The van der Waals surface area contributed by atoms with Crippen LogP contribution in [0.4, 0.5) is 0 Å². The highest BCUT2D eigenvalue weighted by Crippen LogP contribution is 2.14. The Morgan fingerprint density at radius 3 is 0.792 bits per heavy atom. The third-order valence-electron chi connectivity index (χ3n) is 12.8. The molecule has 0 aliphatic heterocycles. The molecule has 0 spiro atoms. The van der Waals surface area contributed by atoms with E-state index in [1.54, 1.807) is 0 Å². The zero-order valence-electron chi connectivity index (χ0n) is 49.7. The summed E-state index contributed by atoms with van der Waals surface area (Å²) in [4.78, 5) is 38.3. The average molecular weight is 1060 g/mol. The largest absolute Gasteiger partial charge is 0.462 e. The Hall–Kier alpha value is -4.71. The maximum Gasteiger partial charge on any atom is 0.306 e. The second-order valence-corrected chi connectivity index (χ2v) is 20.2. The number of rotatable bonds is 55. The molecule has 77 heavy (non-hydrogen) atoms. The molecular weight excluding hydrogens is 949 g/mol. The van der Waals surface area contributed by atoms with Crippen LogP contribution in [0.2, 0.25) is 0 Å². The van der Waals surface area contributed by atoms with Gasteiger partial charge in [-0.05, 0) is 141 Å². The standard InChI is InChI=1S/C71H114O6/c1-4-7-10-13-16-19-22-25-28-30-32-34-35-37-38-40-43-46-49-52-55-58-61-64-70(73)76-67-68(66-75-69(72)63-60-57-54-51-48-45-42-27-24-21-18-15-12-9-6-3)77-71(74)65-62-59-56-53-50-47-44-41-39-36-33-31-29-26-23-20-17-14-11-8-5-2/h7-8,10-11,16-21,25-29,32-34,36-38,42-43,46,68H,4-6,9,12-15,22-24,30-31,35,39-41,44-45,47-67H2,1-3H3/b10-7-,11-8-,19-16-,20-17-,21-18-,28-25-,29-26-,34-32-,36-33-,38-37-,42-27-,46-43-. The first-order valence-corrected chi connectivity index (χ1v) is 31.3. The lowest BCUT2D eigenvalue weighted by atomic mass is 10.1. The molecule has 0 aliphatic carbocycles. The van der Waals surface area contributed by atoms with E-state index in [1.807, 2.05) is 0 Å². The Balaban J connectivity index is 4.49. The number of unbranched alkanes of at least 4 members (excludes halogenated alkanes) is 20. The summed E-state index contributed by atoms with van der Waals surface area (Å²) in [7, 11) is 0. The van der Waals surface area contributed by atoms with Crippen LogP contribution < -0.4 is 0 Å². The van der Waals surface area contributed by atoms with E-state index >= 15 is 0 Å². The van der Waals surface area contributed by atoms with Crippen LogP contribution in [0.5, 0.6) is 0 Å².